The van der Waals surface area contributed by atoms with Gasteiger partial charge in [-0.15, -0.1) is 0 Å². The third-order valence-electron chi connectivity index (χ3n) is 1.84. The Labute approximate surface area is 83.1 Å². The molecule has 0 radical (unpaired) electrons. The Hall–Kier alpha value is -1.20. The number of rotatable bonds is 6. The summed E-state index contributed by atoms with van der Waals surface area (Å²) in [6.45, 7) is 1.58. The standard InChI is InChI=1S/C9H15N3O2/c1-12-5-3-11-9(12)8(13)7-10-4-6-14-2/h3,5,10H,4,6-7H2,1-2H3. The molecule has 1 N–H and O–H groups in total. The fourth-order valence-electron chi connectivity index (χ4n) is 1.09. The molecule has 14 heavy (non-hydrogen) atoms. The zero-order valence-electron chi connectivity index (χ0n) is 8.49. The summed E-state index contributed by atoms with van der Waals surface area (Å²) in [6, 6.07) is 0. The van der Waals surface area contributed by atoms with Gasteiger partial charge in [-0.3, -0.25) is 4.79 Å². The number of Topliss-reactive ketones (excluding diaryl/α,β-unsaturated/α-hetero) is 1. The van der Waals surface area contributed by atoms with E-state index < -0.39 is 0 Å². The number of aromatic nitrogens is 2. The molecule has 5 heteroatoms. The van der Waals surface area contributed by atoms with Crippen molar-refractivity contribution in [2.24, 2.45) is 7.05 Å². The summed E-state index contributed by atoms with van der Waals surface area (Å²) in [5.74, 6) is 0.475. The lowest BCUT2D eigenvalue weighted by Crippen LogP contribution is -2.27. The molecule has 1 aromatic rings. The van der Waals surface area contributed by atoms with Crippen LogP contribution in [0.2, 0.25) is 0 Å². The molecule has 1 aromatic heterocycles. The molecule has 0 aliphatic rings. The maximum Gasteiger partial charge on any atom is 0.211 e. The summed E-state index contributed by atoms with van der Waals surface area (Å²) in [5.41, 5.74) is 0. The van der Waals surface area contributed by atoms with Gasteiger partial charge in [0, 0.05) is 33.1 Å². The Morgan fingerprint density at radius 1 is 1.71 bits per heavy atom. The van der Waals surface area contributed by atoms with E-state index in [1.165, 1.54) is 0 Å². The topological polar surface area (TPSA) is 56.1 Å². The highest BCUT2D eigenvalue weighted by molar-refractivity contribution is 5.94. The number of ether oxygens (including phenoxy) is 1. The van der Waals surface area contributed by atoms with Crippen LogP contribution in [0.4, 0.5) is 0 Å². The highest BCUT2D eigenvalue weighted by Gasteiger charge is 2.09. The zero-order chi connectivity index (χ0) is 10.4. The molecule has 0 atom stereocenters. The number of hydrogen-bond acceptors (Lipinski definition) is 4. The van der Waals surface area contributed by atoms with Gasteiger partial charge < -0.3 is 14.6 Å². The number of hydrogen-bond donors (Lipinski definition) is 1. The first-order valence-corrected chi connectivity index (χ1v) is 4.46. The van der Waals surface area contributed by atoms with Crippen molar-refractivity contribution in [3.63, 3.8) is 0 Å². The van der Waals surface area contributed by atoms with Gasteiger partial charge in [0.1, 0.15) is 0 Å². The Morgan fingerprint density at radius 2 is 2.50 bits per heavy atom. The van der Waals surface area contributed by atoms with Crippen molar-refractivity contribution in [3.05, 3.63) is 18.2 Å². The predicted molar refractivity (Wildman–Crippen MR) is 52.3 cm³/mol. The Morgan fingerprint density at radius 3 is 3.07 bits per heavy atom. The van der Waals surface area contributed by atoms with Gasteiger partial charge in [-0.2, -0.15) is 0 Å². The van der Waals surface area contributed by atoms with Gasteiger partial charge in [-0.25, -0.2) is 4.98 Å². The Bertz CT molecular complexity index is 296. The highest BCUT2D eigenvalue weighted by atomic mass is 16.5. The lowest BCUT2D eigenvalue weighted by molar-refractivity contribution is 0.0975. The fraction of sp³-hybridized carbons (Fsp3) is 0.556. The van der Waals surface area contributed by atoms with E-state index in [2.05, 4.69) is 10.3 Å². The minimum Gasteiger partial charge on any atom is -0.383 e. The van der Waals surface area contributed by atoms with Crippen LogP contribution >= 0.6 is 0 Å². The van der Waals surface area contributed by atoms with Crippen LogP contribution in [-0.2, 0) is 11.8 Å². The second-order valence-corrected chi connectivity index (χ2v) is 2.95. The van der Waals surface area contributed by atoms with Crippen LogP contribution in [0, 0.1) is 0 Å². The van der Waals surface area contributed by atoms with Gasteiger partial charge in [-0.1, -0.05) is 0 Å². The Balaban J connectivity index is 2.32. The van der Waals surface area contributed by atoms with E-state index in [-0.39, 0.29) is 5.78 Å². The van der Waals surface area contributed by atoms with Crippen LogP contribution in [0.3, 0.4) is 0 Å². The summed E-state index contributed by atoms with van der Waals surface area (Å²) in [7, 11) is 3.43. The number of methoxy groups -OCH3 is 1. The summed E-state index contributed by atoms with van der Waals surface area (Å²) in [5, 5.41) is 2.97. The number of imidazole rings is 1. The average Bonchev–Trinajstić information content (AvgIpc) is 2.59. The number of carbonyl (C=O) groups is 1. The maximum atomic E-state index is 11.5. The van der Waals surface area contributed by atoms with E-state index in [4.69, 9.17) is 4.74 Å². The van der Waals surface area contributed by atoms with E-state index in [9.17, 15) is 4.79 Å². The molecular weight excluding hydrogens is 182 g/mol. The first-order valence-electron chi connectivity index (χ1n) is 4.46. The monoisotopic (exact) mass is 197 g/mol. The normalized spacial score (nSPS) is 10.4. The van der Waals surface area contributed by atoms with E-state index in [1.54, 1.807) is 31.1 Å². The lowest BCUT2D eigenvalue weighted by atomic mass is 10.3. The first-order chi connectivity index (χ1) is 6.75. The fourth-order valence-corrected chi connectivity index (χ4v) is 1.09. The SMILES string of the molecule is COCCNCC(=O)c1nccn1C. The van der Waals surface area contributed by atoms with Crippen molar-refractivity contribution in [1.82, 2.24) is 14.9 Å². The molecule has 0 saturated carbocycles. The lowest BCUT2D eigenvalue weighted by Gasteiger charge is -2.03. The van der Waals surface area contributed by atoms with Crippen molar-refractivity contribution in [2.45, 2.75) is 0 Å². The van der Waals surface area contributed by atoms with Crippen LogP contribution in [-0.4, -0.2) is 42.1 Å². The maximum absolute atomic E-state index is 11.5. The molecule has 0 amide bonds. The van der Waals surface area contributed by atoms with Gasteiger partial charge in [0.15, 0.2) is 5.82 Å². The highest BCUT2D eigenvalue weighted by Crippen LogP contribution is 1.94. The molecule has 0 fully saturated rings. The number of ketones is 1. The van der Waals surface area contributed by atoms with Crippen LogP contribution in [0.1, 0.15) is 10.6 Å². The van der Waals surface area contributed by atoms with Gasteiger partial charge in [0.05, 0.1) is 13.2 Å². The molecule has 0 spiro atoms. The Kier molecular flexibility index (Phi) is 4.28. The van der Waals surface area contributed by atoms with E-state index in [1.807, 2.05) is 0 Å². The molecule has 1 rings (SSSR count). The third-order valence-corrected chi connectivity index (χ3v) is 1.84. The second-order valence-electron chi connectivity index (χ2n) is 2.95. The average molecular weight is 197 g/mol. The smallest absolute Gasteiger partial charge is 0.211 e. The molecule has 0 aliphatic heterocycles. The number of carbonyl (C=O) groups excluding carboxylic acids is 1. The molecule has 0 saturated heterocycles. The number of nitrogens with zero attached hydrogens (tertiary/aromatic N) is 2. The first kappa shape index (κ1) is 10.9. The van der Waals surface area contributed by atoms with Crippen LogP contribution in [0.5, 0.6) is 0 Å². The minimum atomic E-state index is -0.00592. The molecular formula is C9H15N3O2. The quantitative estimate of drug-likeness (QED) is 0.508. The zero-order valence-corrected chi connectivity index (χ0v) is 8.49. The summed E-state index contributed by atoms with van der Waals surface area (Å²) in [4.78, 5) is 15.5. The molecule has 0 unspecified atom stereocenters. The number of nitrogens with one attached hydrogen (secondary N) is 1. The van der Waals surface area contributed by atoms with Crippen molar-refractivity contribution < 1.29 is 9.53 Å². The molecule has 0 aromatic carbocycles. The van der Waals surface area contributed by atoms with Gasteiger partial charge in [0.25, 0.3) is 0 Å². The molecule has 1 heterocycles. The van der Waals surface area contributed by atoms with Crippen molar-refractivity contribution >= 4 is 5.78 Å². The van der Waals surface area contributed by atoms with Crippen molar-refractivity contribution in [2.75, 3.05) is 26.8 Å². The van der Waals surface area contributed by atoms with E-state index in [0.29, 0.717) is 25.5 Å². The largest absolute Gasteiger partial charge is 0.383 e. The summed E-state index contributed by atoms with van der Waals surface area (Å²) >= 11 is 0. The molecule has 5 nitrogen and oxygen atoms in total. The minimum absolute atomic E-state index is 0.00592. The second kappa shape index (κ2) is 5.51. The van der Waals surface area contributed by atoms with E-state index >= 15 is 0 Å². The summed E-state index contributed by atoms with van der Waals surface area (Å²) < 4.78 is 6.55. The molecule has 0 aliphatic carbocycles. The van der Waals surface area contributed by atoms with E-state index in [0.717, 1.165) is 0 Å². The molecule has 0 bridgehead atoms. The van der Waals surface area contributed by atoms with Gasteiger partial charge >= 0.3 is 0 Å². The van der Waals surface area contributed by atoms with Gasteiger partial charge in [-0.05, 0) is 0 Å². The van der Waals surface area contributed by atoms with Crippen LogP contribution in [0.25, 0.3) is 0 Å². The molecule has 78 valence electrons. The predicted octanol–water partition coefficient (Wildman–Crippen LogP) is -0.161. The van der Waals surface area contributed by atoms with Crippen LogP contribution in [0.15, 0.2) is 12.4 Å². The van der Waals surface area contributed by atoms with Gasteiger partial charge in [0.2, 0.25) is 5.78 Å². The van der Waals surface area contributed by atoms with Crippen molar-refractivity contribution in [1.29, 1.82) is 0 Å². The summed E-state index contributed by atoms with van der Waals surface area (Å²) in [6.07, 6.45) is 3.37. The van der Waals surface area contributed by atoms with Crippen molar-refractivity contribution in [3.8, 4) is 0 Å². The number of aryl methyl sites for hydroxylation is 1. The third kappa shape index (κ3) is 2.93. The van der Waals surface area contributed by atoms with Crippen LogP contribution < -0.4 is 5.32 Å².